The van der Waals surface area contributed by atoms with Gasteiger partial charge in [0.15, 0.2) is 0 Å². The predicted octanol–water partition coefficient (Wildman–Crippen LogP) is 5.47. The smallest absolute Gasteiger partial charge is 0.255 e. The summed E-state index contributed by atoms with van der Waals surface area (Å²) in [6, 6.07) is 8.22. The van der Waals surface area contributed by atoms with Gasteiger partial charge in [0.1, 0.15) is 0 Å². The Morgan fingerprint density at radius 1 is 1.30 bits per heavy atom. The van der Waals surface area contributed by atoms with Crippen LogP contribution in [0.2, 0.25) is 0 Å². The number of para-hydroxylation sites is 1. The molecule has 1 amide bonds. The van der Waals surface area contributed by atoms with Gasteiger partial charge in [0.2, 0.25) is 0 Å². The lowest BCUT2D eigenvalue weighted by atomic mass is 10.0. The maximum atomic E-state index is 12.7. The van der Waals surface area contributed by atoms with E-state index in [1.807, 2.05) is 12.1 Å². The molecule has 0 spiro atoms. The summed E-state index contributed by atoms with van der Waals surface area (Å²) in [4.78, 5) is 18.6. The molecule has 3 rings (SSSR count). The highest BCUT2D eigenvalue weighted by Crippen LogP contribution is 2.34. The van der Waals surface area contributed by atoms with Crippen molar-refractivity contribution in [2.75, 3.05) is 11.9 Å². The molecule has 3 aromatic rings. The molecular formula is C22H25N3OS. The molecule has 2 heterocycles. The molecule has 0 aliphatic heterocycles. The number of nitrogens with zero attached hydrogens (tertiary/aromatic N) is 1. The Bertz CT molecular complexity index is 961. The summed E-state index contributed by atoms with van der Waals surface area (Å²) < 4.78 is 0. The number of anilines is 2. The molecule has 27 heavy (non-hydrogen) atoms. The number of rotatable bonds is 8. The van der Waals surface area contributed by atoms with Crippen molar-refractivity contribution in [3.63, 3.8) is 0 Å². The molecule has 0 saturated heterocycles. The van der Waals surface area contributed by atoms with E-state index in [9.17, 15) is 4.79 Å². The molecule has 0 atom stereocenters. The highest BCUT2D eigenvalue weighted by Gasteiger charge is 2.18. The van der Waals surface area contributed by atoms with Gasteiger partial charge >= 0.3 is 0 Å². The van der Waals surface area contributed by atoms with Crippen LogP contribution in [0.25, 0.3) is 10.9 Å². The maximum absolute atomic E-state index is 12.7. The van der Waals surface area contributed by atoms with Crippen LogP contribution in [-0.2, 0) is 12.8 Å². The second kappa shape index (κ2) is 8.82. The average molecular weight is 380 g/mol. The summed E-state index contributed by atoms with van der Waals surface area (Å²) in [7, 11) is 0. The molecule has 0 fully saturated rings. The number of carbonyl (C=O) groups excluding carboxylic acids is 1. The zero-order chi connectivity index (χ0) is 19.2. The van der Waals surface area contributed by atoms with Crippen molar-refractivity contribution < 1.29 is 4.79 Å². The van der Waals surface area contributed by atoms with E-state index in [0.29, 0.717) is 12.1 Å². The van der Waals surface area contributed by atoms with Gasteiger partial charge in [-0.05, 0) is 29.9 Å². The molecule has 2 N–H and O–H groups in total. The molecule has 140 valence electrons. The van der Waals surface area contributed by atoms with Crippen LogP contribution in [0.4, 0.5) is 11.4 Å². The first-order chi connectivity index (χ1) is 13.2. The quantitative estimate of drug-likeness (QED) is 0.510. The first-order valence-electron chi connectivity index (χ1n) is 9.32. The lowest BCUT2D eigenvalue weighted by Crippen LogP contribution is -2.24. The maximum Gasteiger partial charge on any atom is 0.255 e. The monoisotopic (exact) mass is 379 g/mol. The third-order valence-corrected chi connectivity index (χ3v) is 5.48. The molecule has 0 aliphatic rings. The van der Waals surface area contributed by atoms with Crippen LogP contribution >= 0.6 is 11.3 Å². The zero-order valence-corrected chi connectivity index (χ0v) is 16.7. The van der Waals surface area contributed by atoms with Crippen molar-refractivity contribution in [2.24, 2.45) is 0 Å². The molecule has 0 unspecified atom stereocenters. The van der Waals surface area contributed by atoms with Crippen LogP contribution < -0.4 is 10.6 Å². The molecule has 2 aromatic heterocycles. The van der Waals surface area contributed by atoms with E-state index >= 15 is 0 Å². The second-order valence-electron chi connectivity index (χ2n) is 6.34. The van der Waals surface area contributed by atoms with E-state index in [2.05, 4.69) is 53.6 Å². The van der Waals surface area contributed by atoms with E-state index in [1.54, 1.807) is 23.6 Å². The third-order valence-electron chi connectivity index (χ3n) is 4.50. The Morgan fingerprint density at radius 3 is 2.89 bits per heavy atom. The topological polar surface area (TPSA) is 54.0 Å². The van der Waals surface area contributed by atoms with Crippen molar-refractivity contribution in [3.8, 4) is 0 Å². The predicted molar refractivity (Wildman–Crippen MR) is 115 cm³/mol. The number of aryl methyl sites for hydroxylation is 2. The number of aromatic nitrogens is 1. The molecule has 0 saturated carbocycles. The standard InChI is InChI=1S/C22H25N3OS/c1-4-8-19-18(11-13-27-19)25-21-16-10-7-9-15(6-3)20(16)24-14-17(21)22(26)23-12-5-2/h5,7,9-11,13-14H,2,4,6,8,12H2,1,3H3,(H,23,26)(H,24,25). The minimum atomic E-state index is -0.152. The van der Waals surface area contributed by atoms with Crippen molar-refractivity contribution in [3.05, 3.63) is 64.5 Å². The van der Waals surface area contributed by atoms with Crippen LogP contribution in [0, 0.1) is 0 Å². The number of nitrogens with one attached hydrogen (secondary N) is 2. The fourth-order valence-electron chi connectivity index (χ4n) is 3.14. The highest BCUT2D eigenvalue weighted by molar-refractivity contribution is 7.10. The van der Waals surface area contributed by atoms with Gasteiger partial charge in [0.05, 0.1) is 22.5 Å². The Kier molecular flexibility index (Phi) is 6.24. The Balaban J connectivity index is 2.14. The van der Waals surface area contributed by atoms with Gasteiger partial charge in [0.25, 0.3) is 5.91 Å². The number of thiophene rings is 1. The van der Waals surface area contributed by atoms with E-state index in [-0.39, 0.29) is 5.91 Å². The zero-order valence-electron chi connectivity index (χ0n) is 15.8. The fraction of sp³-hybridized carbons (Fsp3) is 0.273. The van der Waals surface area contributed by atoms with E-state index in [0.717, 1.165) is 41.5 Å². The minimum Gasteiger partial charge on any atom is -0.353 e. The number of benzene rings is 1. The third kappa shape index (κ3) is 4.03. The van der Waals surface area contributed by atoms with Crippen LogP contribution in [0.15, 0.2) is 48.5 Å². The average Bonchev–Trinajstić information content (AvgIpc) is 3.13. The molecule has 0 aliphatic carbocycles. The Morgan fingerprint density at radius 2 is 2.15 bits per heavy atom. The fourth-order valence-corrected chi connectivity index (χ4v) is 4.08. The van der Waals surface area contributed by atoms with Crippen molar-refractivity contribution in [1.29, 1.82) is 0 Å². The van der Waals surface area contributed by atoms with Gasteiger partial charge in [0, 0.05) is 23.0 Å². The van der Waals surface area contributed by atoms with Gasteiger partial charge in [-0.1, -0.05) is 44.5 Å². The summed E-state index contributed by atoms with van der Waals surface area (Å²) in [5.74, 6) is -0.152. The summed E-state index contributed by atoms with van der Waals surface area (Å²) in [6.07, 6.45) is 6.34. The summed E-state index contributed by atoms with van der Waals surface area (Å²) in [6.45, 7) is 8.38. The summed E-state index contributed by atoms with van der Waals surface area (Å²) >= 11 is 1.74. The number of amides is 1. The van der Waals surface area contributed by atoms with Gasteiger partial charge in [-0.25, -0.2) is 0 Å². The number of hydrogen-bond acceptors (Lipinski definition) is 4. The van der Waals surface area contributed by atoms with E-state index in [1.165, 1.54) is 10.4 Å². The van der Waals surface area contributed by atoms with E-state index in [4.69, 9.17) is 0 Å². The number of pyridine rings is 1. The van der Waals surface area contributed by atoms with Gasteiger partial charge < -0.3 is 10.6 Å². The lowest BCUT2D eigenvalue weighted by molar-refractivity contribution is 0.0958. The molecule has 0 bridgehead atoms. The van der Waals surface area contributed by atoms with Crippen LogP contribution in [0.5, 0.6) is 0 Å². The van der Waals surface area contributed by atoms with Crippen LogP contribution in [0.1, 0.15) is 41.1 Å². The molecule has 5 heteroatoms. The lowest BCUT2D eigenvalue weighted by Gasteiger charge is -2.16. The summed E-state index contributed by atoms with van der Waals surface area (Å²) in [5, 5.41) is 9.46. The molecular weight excluding hydrogens is 354 g/mol. The molecule has 1 aromatic carbocycles. The van der Waals surface area contributed by atoms with Crippen LogP contribution in [0.3, 0.4) is 0 Å². The van der Waals surface area contributed by atoms with Crippen molar-refractivity contribution >= 4 is 39.5 Å². The largest absolute Gasteiger partial charge is 0.353 e. The second-order valence-corrected chi connectivity index (χ2v) is 7.35. The minimum absolute atomic E-state index is 0.152. The van der Waals surface area contributed by atoms with Crippen LogP contribution in [-0.4, -0.2) is 17.4 Å². The summed E-state index contributed by atoms with van der Waals surface area (Å²) in [5.41, 5.74) is 4.54. The number of fused-ring (bicyclic) bond motifs is 1. The van der Waals surface area contributed by atoms with Crippen molar-refractivity contribution in [1.82, 2.24) is 10.3 Å². The number of hydrogen-bond donors (Lipinski definition) is 2. The number of carbonyl (C=O) groups is 1. The Labute approximate surface area is 164 Å². The van der Waals surface area contributed by atoms with Crippen molar-refractivity contribution in [2.45, 2.75) is 33.1 Å². The molecule has 0 radical (unpaired) electrons. The Hall–Kier alpha value is -2.66. The van der Waals surface area contributed by atoms with E-state index < -0.39 is 0 Å². The van der Waals surface area contributed by atoms with Gasteiger partial charge in [-0.2, -0.15) is 0 Å². The normalized spacial score (nSPS) is 10.7. The molecule has 4 nitrogen and oxygen atoms in total. The first kappa shape index (κ1) is 19.1. The SMILES string of the molecule is C=CCNC(=O)c1cnc2c(CC)cccc2c1Nc1ccsc1CCC. The van der Waals surface area contributed by atoms with Gasteiger partial charge in [-0.3, -0.25) is 9.78 Å². The van der Waals surface area contributed by atoms with Gasteiger partial charge in [-0.15, -0.1) is 17.9 Å². The highest BCUT2D eigenvalue weighted by atomic mass is 32.1. The first-order valence-corrected chi connectivity index (χ1v) is 10.2.